The number of anilines is 1. The largest absolute Gasteiger partial charge is 0.495 e. The molecule has 0 aliphatic rings. The van der Waals surface area contributed by atoms with Gasteiger partial charge < -0.3 is 10.1 Å². The number of nitrogens with zero attached hydrogens (tertiary/aromatic N) is 2. The van der Waals surface area contributed by atoms with E-state index in [1.54, 1.807) is 18.2 Å². The quantitative estimate of drug-likeness (QED) is 0.414. The van der Waals surface area contributed by atoms with Gasteiger partial charge in [0.25, 0.3) is 5.56 Å². The van der Waals surface area contributed by atoms with Crippen molar-refractivity contribution in [2.75, 3.05) is 12.4 Å². The molecule has 4 aromatic rings. The number of amides is 1. The van der Waals surface area contributed by atoms with Gasteiger partial charge in [-0.15, -0.1) is 11.3 Å². The van der Waals surface area contributed by atoms with Crippen LogP contribution in [0.15, 0.2) is 69.6 Å². The van der Waals surface area contributed by atoms with Crippen LogP contribution in [0.2, 0.25) is 0 Å². The average molecular weight is 478 g/mol. The van der Waals surface area contributed by atoms with Crippen molar-refractivity contribution in [2.24, 2.45) is 5.92 Å². The van der Waals surface area contributed by atoms with Gasteiger partial charge in [0.15, 0.2) is 0 Å². The predicted molar refractivity (Wildman–Crippen MR) is 136 cm³/mol. The molecule has 4 rings (SSSR count). The highest BCUT2D eigenvalue weighted by molar-refractivity contribution is 7.17. The van der Waals surface area contributed by atoms with E-state index in [1.165, 1.54) is 27.6 Å². The third-order valence-electron chi connectivity index (χ3n) is 5.51. The zero-order valence-electron chi connectivity index (χ0n) is 19.4. The second kappa shape index (κ2) is 10.1. The van der Waals surface area contributed by atoms with Crippen molar-refractivity contribution >= 4 is 33.1 Å². The van der Waals surface area contributed by atoms with Crippen molar-refractivity contribution in [3.8, 4) is 5.75 Å². The third kappa shape index (κ3) is 4.82. The standard InChI is InChI=1S/C26H27N3O4S/c1-17(2)13-19-16-34-25-23(19)24(31)28(14-18-9-5-4-6-10-18)26(32)29(25)15-22(30)27-20-11-7-8-12-21(20)33-3/h4-12,16-17H,13-15H2,1-3H3,(H,27,30). The Kier molecular flexibility index (Phi) is 6.98. The first-order valence-electron chi connectivity index (χ1n) is 11.1. The van der Waals surface area contributed by atoms with E-state index in [4.69, 9.17) is 4.74 Å². The molecule has 0 aliphatic heterocycles. The number of aromatic nitrogens is 2. The summed E-state index contributed by atoms with van der Waals surface area (Å²) in [5.41, 5.74) is 1.44. The van der Waals surface area contributed by atoms with Crippen LogP contribution in [0.3, 0.4) is 0 Å². The fourth-order valence-electron chi connectivity index (χ4n) is 3.98. The van der Waals surface area contributed by atoms with Crippen LogP contribution in [0.1, 0.15) is 25.0 Å². The van der Waals surface area contributed by atoms with Crippen molar-refractivity contribution in [1.82, 2.24) is 9.13 Å². The summed E-state index contributed by atoms with van der Waals surface area (Å²) in [5.74, 6) is 0.489. The second-order valence-corrected chi connectivity index (χ2v) is 9.39. The minimum atomic E-state index is -0.505. The Morgan fingerprint density at radius 2 is 1.74 bits per heavy atom. The molecule has 0 atom stereocenters. The van der Waals surface area contributed by atoms with Crippen molar-refractivity contribution in [3.05, 3.63) is 91.9 Å². The van der Waals surface area contributed by atoms with Crippen LogP contribution in [-0.2, 0) is 24.3 Å². The van der Waals surface area contributed by atoms with Crippen molar-refractivity contribution < 1.29 is 9.53 Å². The molecule has 2 aromatic carbocycles. The van der Waals surface area contributed by atoms with E-state index in [-0.39, 0.29) is 24.6 Å². The molecule has 0 fully saturated rings. The number of benzene rings is 2. The third-order valence-corrected chi connectivity index (χ3v) is 6.56. The van der Waals surface area contributed by atoms with Gasteiger partial charge in [-0.3, -0.25) is 18.7 Å². The Morgan fingerprint density at radius 1 is 1.03 bits per heavy atom. The van der Waals surface area contributed by atoms with Crippen LogP contribution < -0.4 is 21.3 Å². The fourth-order valence-corrected chi connectivity index (χ4v) is 5.05. The minimum Gasteiger partial charge on any atom is -0.495 e. The summed E-state index contributed by atoms with van der Waals surface area (Å²) in [5, 5.41) is 5.26. The maximum atomic E-state index is 13.5. The first-order valence-corrected chi connectivity index (χ1v) is 12.0. The molecule has 0 saturated heterocycles. The first kappa shape index (κ1) is 23.5. The number of carbonyl (C=O) groups excluding carboxylic acids is 1. The number of thiophene rings is 1. The van der Waals surface area contributed by atoms with Gasteiger partial charge in [-0.25, -0.2) is 4.79 Å². The molecule has 176 valence electrons. The fraction of sp³-hybridized carbons (Fsp3) is 0.269. The molecule has 34 heavy (non-hydrogen) atoms. The van der Waals surface area contributed by atoms with E-state index in [0.29, 0.717) is 34.0 Å². The molecule has 7 nitrogen and oxygen atoms in total. The molecule has 0 unspecified atom stereocenters. The van der Waals surface area contributed by atoms with Gasteiger partial charge in [0.05, 0.1) is 24.7 Å². The van der Waals surface area contributed by atoms with Gasteiger partial charge in [0.2, 0.25) is 5.91 Å². The molecule has 2 heterocycles. The number of ether oxygens (including phenoxy) is 1. The SMILES string of the molecule is COc1ccccc1NC(=O)Cn1c(=O)n(Cc2ccccc2)c(=O)c2c(CC(C)C)csc21. The number of nitrogens with one attached hydrogen (secondary N) is 1. The molecule has 8 heteroatoms. The molecule has 0 radical (unpaired) electrons. The normalized spacial score (nSPS) is 11.2. The summed E-state index contributed by atoms with van der Waals surface area (Å²) in [6.07, 6.45) is 0.714. The first-order chi connectivity index (χ1) is 16.4. The summed E-state index contributed by atoms with van der Waals surface area (Å²) in [7, 11) is 1.53. The molecule has 0 bridgehead atoms. The highest BCUT2D eigenvalue weighted by Gasteiger charge is 2.20. The lowest BCUT2D eigenvalue weighted by atomic mass is 10.0. The van der Waals surface area contributed by atoms with E-state index in [0.717, 1.165) is 11.1 Å². The minimum absolute atomic E-state index is 0.138. The van der Waals surface area contributed by atoms with E-state index < -0.39 is 5.69 Å². The van der Waals surface area contributed by atoms with Crippen LogP contribution in [-0.4, -0.2) is 22.2 Å². The van der Waals surface area contributed by atoms with Gasteiger partial charge in [0.1, 0.15) is 17.1 Å². The van der Waals surface area contributed by atoms with E-state index >= 15 is 0 Å². The highest BCUT2D eigenvalue weighted by atomic mass is 32.1. The summed E-state index contributed by atoms with van der Waals surface area (Å²) < 4.78 is 7.93. The van der Waals surface area contributed by atoms with Crippen molar-refractivity contribution in [2.45, 2.75) is 33.4 Å². The monoisotopic (exact) mass is 477 g/mol. The topological polar surface area (TPSA) is 82.3 Å². The van der Waals surface area contributed by atoms with Crippen LogP contribution in [0.25, 0.3) is 10.2 Å². The lowest BCUT2D eigenvalue weighted by molar-refractivity contribution is -0.116. The summed E-state index contributed by atoms with van der Waals surface area (Å²) in [6, 6.07) is 16.4. The van der Waals surface area contributed by atoms with Crippen LogP contribution in [0.4, 0.5) is 5.69 Å². The summed E-state index contributed by atoms with van der Waals surface area (Å²) in [4.78, 5) is 40.4. The molecule has 0 aliphatic carbocycles. The average Bonchev–Trinajstić information content (AvgIpc) is 3.23. The molecule has 0 spiro atoms. The van der Waals surface area contributed by atoms with E-state index in [1.807, 2.05) is 41.8 Å². The zero-order chi connectivity index (χ0) is 24.2. The number of hydrogen-bond acceptors (Lipinski definition) is 5. The van der Waals surface area contributed by atoms with Crippen LogP contribution in [0, 0.1) is 5.92 Å². The smallest absolute Gasteiger partial charge is 0.332 e. The van der Waals surface area contributed by atoms with Gasteiger partial charge in [-0.05, 0) is 41.0 Å². The molecule has 1 amide bonds. The van der Waals surface area contributed by atoms with Crippen molar-refractivity contribution in [1.29, 1.82) is 0 Å². The molecule has 2 aromatic heterocycles. The number of methoxy groups -OCH3 is 1. The second-order valence-electron chi connectivity index (χ2n) is 8.53. The summed E-state index contributed by atoms with van der Waals surface area (Å²) >= 11 is 1.33. The Labute approximate surface area is 201 Å². The number of carbonyl (C=O) groups is 1. The number of hydrogen-bond donors (Lipinski definition) is 1. The Hall–Kier alpha value is -3.65. The van der Waals surface area contributed by atoms with Crippen LogP contribution in [0.5, 0.6) is 5.75 Å². The van der Waals surface area contributed by atoms with Gasteiger partial charge >= 0.3 is 5.69 Å². The maximum Gasteiger partial charge on any atom is 0.332 e. The molecular weight excluding hydrogens is 450 g/mol. The van der Waals surface area contributed by atoms with Crippen LogP contribution >= 0.6 is 11.3 Å². The summed E-state index contributed by atoms with van der Waals surface area (Å²) in [6.45, 7) is 4.09. The van der Waals surface area contributed by atoms with E-state index in [9.17, 15) is 14.4 Å². The lowest BCUT2D eigenvalue weighted by Gasteiger charge is -2.14. The van der Waals surface area contributed by atoms with E-state index in [2.05, 4.69) is 19.2 Å². The molecule has 1 N–H and O–H groups in total. The van der Waals surface area contributed by atoms with Crippen molar-refractivity contribution in [3.63, 3.8) is 0 Å². The Morgan fingerprint density at radius 3 is 2.44 bits per heavy atom. The molecular formula is C26H27N3O4S. The van der Waals surface area contributed by atoms with Gasteiger partial charge in [0, 0.05) is 0 Å². The lowest BCUT2D eigenvalue weighted by Crippen LogP contribution is -2.41. The molecule has 0 saturated carbocycles. The number of para-hydroxylation sites is 2. The predicted octanol–water partition coefficient (Wildman–Crippen LogP) is 4.12. The Bertz CT molecular complexity index is 1430. The number of rotatable bonds is 8. The van der Waals surface area contributed by atoms with Gasteiger partial charge in [-0.1, -0.05) is 56.3 Å². The van der Waals surface area contributed by atoms with Gasteiger partial charge in [-0.2, -0.15) is 0 Å². The highest BCUT2D eigenvalue weighted by Crippen LogP contribution is 2.26. The Balaban J connectivity index is 1.80. The number of fused-ring (bicyclic) bond motifs is 1. The maximum absolute atomic E-state index is 13.5. The zero-order valence-corrected chi connectivity index (χ0v) is 20.2.